The van der Waals surface area contributed by atoms with Crippen LogP contribution < -0.4 is 0 Å². The van der Waals surface area contributed by atoms with Crippen molar-refractivity contribution >= 4 is 17.2 Å². The highest BCUT2D eigenvalue weighted by atomic mass is 19.4. The molecule has 1 N–H and O–H groups in total. The summed E-state index contributed by atoms with van der Waals surface area (Å²) in [6.07, 6.45) is -4.30. The van der Waals surface area contributed by atoms with Crippen molar-refractivity contribution in [3.8, 4) is 0 Å². The number of hydrogen-bond acceptors (Lipinski definition) is 1. The van der Waals surface area contributed by atoms with Crippen LogP contribution in [0.3, 0.4) is 0 Å². The Kier molecular flexibility index (Phi) is 2.26. The molecule has 2 rings (SSSR count). The number of aromatic nitrogens is 1. The van der Waals surface area contributed by atoms with Crippen LogP contribution in [0.4, 0.5) is 13.2 Å². The van der Waals surface area contributed by atoms with Crippen LogP contribution in [0.25, 0.3) is 10.9 Å². The first kappa shape index (κ1) is 10.7. The molecule has 0 radical (unpaired) electrons. The van der Waals surface area contributed by atoms with Gasteiger partial charge in [0, 0.05) is 10.9 Å². The molecule has 1 heterocycles. The van der Waals surface area contributed by atoms with Crippen molar-refractivity contribution in [3.05, 3.63) is 35.0 Å². The Hall–Kier alpha value is -1.78. The van der Waals surface area contributed by atoms with Crippen LogP contribution in [0.15, 0.2) is 18.2 Å². The van der Waals surface area contributed by atoms with Crippen LogP contribution in [0.2, 0.25) is 0 Å². The van der Waals surface area contributed by atoms with E-state index in [0.717, 1.165) is 0 Å². The van der Waals surface area contributed by atoms with Gasteiger partial charge in [-0.1, -0.05) is 18.2 Å². The van der Waals surface area contributed by atoms with Gasteiger partial charge in [0.1, 0.15) is 5.69 Å². The summed E-state index contributed by atoms with van der Waals surface area (Å²) in [4.78, 5) is 13.0. The van der Waals surface area contributed by atoms with Gasteiger partial charge in [-0.3, -0.25) is 4.79 Å². The monoisotopic (exact) mass is 227 g/mol. The van der Waals surface area contributed by atoms with Gasteiger partial charge >= 0.3 is 6.18 Å². The number of carbonyl (C=O) groups is 1. The minimum atomic E-state index is -4.54. The van der Waals surface area contributed by atoms with Crippen LogP contribution in [-0.2, 0) is 6.18 Å². The highest BCUT2D eigenvalue weighted by Crippen LogP contribution is 2.35. The normalized spacial score (nSPS) is 12.0. The summed E-state index contributed by atoms with van der Waals surface area (Å²) in [7, 11) is 0. The fraction of sp³-hybridized carbons (Fsp3) is 0.182. The number of aromatic amines is 1. The number of nitrogens with one attached hydrogen (secondary N) is 1. The summed E-state index contributed by atoms with van der Waals surface area (Å²) >= 11 is 0. The van der Waals surface area contributed by atoms with Crippen LogP contribution >= 0.6 is 0 Å². The zero-order valence-electron chi connectivity index (χ0n) is 8.35. The molecule has 1 aromatic carbocycles. The number of carbonyl (C=O) groups excluding carboxylic acids is 1. The standard InChI is InChI=1S/C11H8F3NO/c1-6-3-2-4-7-8(5-16)10(11(12,13)14)15-9(6)7/h2-5,15H,1H3. The minimum Gasteiger partial charge on any atom is -0.350 e. The number of aldehydes is 1. The van der Waals surface area contributed by atoms with Crippen molar-refractivity contribution in [2.75, 3.05) is 0 Å². The van der Waals surface area contributed by atoms with Crippen molar-refractivity contribution < 1.29 is 18.0 Å². The first-order valence-electron chi connectivity index (χ1n) is 4.59. The number of aryl methyl sites for hydroxylation is 1. The van der Waals surface area contributed by atoms with Crippen molar-refractivity contribution in [2.24, 2.45) is 0 Å². The maximum Gasteiger partial charge on any atom is 0.431 e. The van der Waals surface area contributed by atoms with Crippen molar-refractivity contribution in [3.63, 3.8) is 0 Å². The highest BCUT2D eigenvalue weighted by Gasteiger charge is 2.36. The molecule has 0 saturated heterocycles. The van der Waals surface area contributed by atoms with Gasteiger partial charge in [0.05, 0.1) is 5.56 Å². The third kappa shape index (κ3) is 1.48. The number of rotatable bonds is 1. The molecule has 0 unspecified atom stereocenters. The number of alkyl halides is 3. The summed E-state index contributed by atoms with van der Waals surface area (Å²) in [5.41, 5.74) is -0.272. The quantitative estimate of drug-likeness (QED) is 0.745. The van der Waals surface area contributed by atoms with Gasteiger partial charge in [-0.15, -0.1) is 0 Å². The summed E-state index contributed by atoms with van der Waals surface area (Å²) in [5, 5.41) is 0.308. The highest BCUT2D eigenvalue weighted by molar-refractivity contribution is 6.00. The Balaban J connectivity index is 2.87. The van der Waals surface area contributed by atoms with E-state index in [0.29, 0.717) is 16.5 Å². The van der Waals surface area contributed by atoms with Crippen molar-refractivity contribution in [2.45, 2.75) is 13.1 Å². The molecule has 1 aromatic heterocycles. The first-order valence-corrected chi connectivity index (χ1v) is 4.59. The van der Waals surface area contributed by atoms with Gasteiger partial charge in [0.2, 0.25) is 0 Å². The lowest BCUT2D eigenvalue weighted by Gasteiger charge is -2.03. The van der Waals surface area contributed by atoms with Gasteiger partial charge in [0.25, 0.3) is 0 Å². The molecule has 0 atom stereocenters. The maximum atomic E-state index is 12.6. The Morgan fingerprint density at radius 3 is 2.56 bits per heavy atom. The molecule has 5 heteroatoms. The van der Waals surface area contributed by atoms with E-state index in [1.807, 2.05) is 0 Å². The number of hydrogen-bond donors (Lipinski definition) is 1. The number of benzene rings is 1. The maximum absolute atomic E-state index is 12.6. The zero-order chi connectivity index (χ0) is 11.9. The molecular weight excluding hydrogens is 219 g/mol. The van der Waals surface area contributed by atoms with Crippen LogP contribution in [0.1, 0.15) is 21.6 Å². The molecule has 0 spiro atoms. The van der Waals surface area contributed by atoms with Crippen LogP contribution in [-0.4, -0.2) is 11.3 Å². The number of para-hydroxylation sites is 1. The van der Waals surface area contributed by atoms with E-state index in [1.165, 1.54) is 6.07 Å². The molecule has 84 valence electrons. The molecular formula is C11H8F3NO. The molecule has 0 aliphatic rings. The van der Waals surface area contributed by atoms with E-state index in [2.05, 4.69) is 4.98 Å². The average Bonchev–Trinajstić information content (AvgIpc) is 2.57. The molecule has 0 aliphatic carbocycles. The van der Waals surface area contributed by atoms with Crippen molar-refractivity contribution in [1.82, 2.24) is 4.98 Å². The van der Waals surface area contributed by atoms with Gasteiger partial charge in [-0.25, -0.2) is 0 Å². The Morgan fingerprint density at radius 2 is 2.00 bits per heavy atom. The average molecular weight is 227 g/mol. The second kappa shape index (κ2) is 3.37. The Morgan fingerprint density at radius 1 is 1.31 bits per heavy atom. The molecule has 0 bridgehead atoms. The van der Waals surface area contributed by atoms with Gasteiger partial charge in [0.15, 0.2) is 6.29 Å². The first-order chi connectivity index (χ1) is 7.45. The van der Waals surface area contributed by atoms with E-state index in [-0.39, 0.29) is 11.8 Å². The minimum absolute atomic E-state index is 0.237. The van der Waals surface area contributed by atoms with E-state index >= 15 is 0 Å². The van der Waals surface area contributed by atoms with E-state index in [9.17, 15) is 18.0 Å². The second-order valence-corrected chi connectivity index (χ2v) is 3.53. The van der Waals surface area contributed by atoms with E-state index in [1.54, 1.807) is 19.1 Å². The van der Waals surface area contributed by atoms with E-state index in [4.69, 9.17) is 0 Å². The third-order valence-corrected chi connectivity index (χ3v) is 2.48. The smallest absolute Gasteiger partial charge is 0.350 e. The van der Waals surface area contributed by atoms with Crippen LogP contribution in [0.5, 0.6) is 0 Å². The summed E-state index contributed by atoms with van der Waals surface area (Å²) in [5.74, 6) is 0. The fourth-order valence-corrected chi connectivity index (χ4v) is 1.73. The zero-order valence-corrected chi connectivity index (χ0v) is 8.35. The molecule has 0 amide bonds. The molecule has 16 heavy (non-hydrogen) atoms. The lowest BCUT2D eigenvalue weighted by molar-refractivity contribution is -0.140. The molecule has 2 nitrogen and oxygen atoms in total. The van der Waals surface area contributed by atoms with Gasteiger partial charge in [-0.2, -0.15) is 13.2 Å². The molecule has 2 aromatic rings. The SMILES string of the molecule is Cc1cccc2c(C=O)c(C(F)(F)F)[nH]c12. The van der Waals surface area contributed by atoms with Gasteiger partial charge < -0.3 is 4.98 Å². The Bertz CT molecular complexity index is 554. The van der Waals surface area contributed by atoms with Crippen molar-refractivity contribution in [1.29, 1.82) is 0 Å². The molecule has 0 aliphatic heterocycles. The third-order valence-electron chi connectivity index (χ3n) is 2.48. The summed E-state index contributed by atoms with van der Waals surface area (Å²) in [6, 6.07) is 4.81. The second-order valence-electron chi connectivity index (χ2n) is 3.53. The number of halogens is 3. The predicted octanol–water partition coefficient (Wildman–Crippen LogP) is 3.31. The summed E-state index contributed by atoms with van der Waals surface area (Å²) in [6.45, 7) is 1.69. The lowest BCUT2D eigenvalue weighted by atomic mass is 10.1. The van der Waals surface area contributed by atoms with Crippen LogP contribution in [0, 0.1) is 6.92 Å². The fourth-order valence-electron chi connectivity index (χ4n) is 1.73. The van der Waals surface area contributed by atoms with Gasteiger partial charge in [-0.05, 0) is 12.5 Å². The number of fused-ring (bicyclic) bond motifs is 1. The lowest BCUT2D eigenvalue weighted by Crippen LogP contribution is -2.08. The Labute approximate surface area is 89.1 Å². The molecule has 0 saturated carbocycles. The van der Waals surface area contributed by atoms with E-state index < -0.39 is 11.9 Å². The predicted molar refractivity (Wildman–Crippen MR) is 53.4 cm³/mol. The number of H-pyrrole nitrogens is 1. The summed E-state index contributed by atoms with van der Waals surface area (Å²) < 4.78 is 37.8. The molecule has 0 fully saturated rings. The topological polar surface area (TPSA) is 32.9 Å². The largest absolute Gasteiger partial charge is 0.431 e.